The number of carbonyl (C=O) groups is 4. The predicted octanol–water partition coefficient (Wildman–Crippen LogP) is 3.96. The van der Waals surface area contributed by atoms with Gasteiger partial charge in [0.05, 0.1) is 12.2 Å². The van der Waals surface area contributed by atoms with E-state index in [4.69, 9.17) is 9.52 Å². The first-order chi connectivity index (χ1) is 16.8. The first kappa shape index (κ1) is 21.9. The van der Waals surface area contributed by atoms with Crippen LogP contribution in [0.5, 0.6) is 0 Å². The number of furan rings is 1. The molecular formula is C26H19N3O6. The summed E-state index contributed by atoms with van der Waals surface area (Å²) in [5, 5.41) is 12.1. The molecule has 0 radical (unpaired) electrons. The average molecular weight is 469 g/mol. The molecule has 4 aromatic rings. The molecule has 1 aliphatic rings. The van der Waals surface area contributed by atoms with Crippen molar-refractivity contribution in [2.24, 2.45) is 0 Å². The summed E-state index contributed by atoms with van der Waals surface area (Å²) in [6, 6.07) is 16.4. The summed E-state index contributed by atoms with van der Waals surface area (Å²) in [5.41, 5.74) is 2.42. The van der Waals surface area contributed by atoms with Crippen LogP contribution in [0.25, 0.3) is 17.0 Å². The highest BCUT2D eigenvalue weighted by molar-refractivity contribution is 6.39. The van der Waals surface area contributed by atoms with Crippen LogP contribution in [-0.4, -0.2) is 33.5 Å². The summed E-state index contributed by atoms with van der Waals surface area (Å²) < 4.78 is 7.21. The third kappa shape index (κ3) is 3.99. The fraction of sp³-hybridized carbons (Fsp3) is 0.0769. The van der Waals surface area contributed by atoms with Crippen LogP contribution < -0.4 is 10.2 Å². The Morgan fingerprint density at radius 3 is 2.60 bits per heavy atom. The topological polar surface area (TPSA) is 122 Å². The largest absolute Gasteiger partial charge is 0.475 e. The molecule has 2 aromatic heterocycles. The monoisotopic (exact) mass is 469 g/mol. The van der Waals surface area contributed by atoms with Gasteiger partial charge in [0.25, 0.3) is 11.8 Å². The number of anilines is 1. The molecule has 5 rings (SSSR count). The zero-order valence-corrected chi connectivity index (χ0v) is 18.5. The summed E-state index contributed by atoms with van der Waals surface area (Å²) in [6.45, 7) is 2.08. The average Bonchev–Trinajstić information content (AvgIpc) is 3.42. The zero-order chi connectivity index (χ0) is 24.7. The van der Waals surface area contributed by atoms with Crippen LogP contribution in [0.1, 0.15) is 27.4 Å². The molecular weight excluding hydrogens is 450 g/mol. The molecule has 0 atom stereocenters. The molecule has 0 saturated carbocycles. The van der Waals surface area contributed by atoms with Gasteiger partial charge >= 0.3 is 12.0 Å². The Labute approximate surface area is 198 Å². The molecule has 2 aromatic carbocycles. The summed E-state index contributed by atoms with van der Waals surface area (Å²) >= 11 is 0. The maximum absolute atomic E-state index is 13.3. The Morgan fingerprint density at radius 1 is 1.06 bits per heavy atom. The van der Waals surface area contributed by atoms with Crippen molar-refractivity contribution in [1.82, 2.24) is 9.88 Å². The molecule has 0 bridgehead atoms. The zero-order valence-electron chi connectivity index (χ0n) is 18.5. The summed E-state index contributed by atoms with van der Waals surface area (Å²) in [6.07, 6.45) is 3.20. The van der Waals surface area contributed by atoms with Crippen molar-refractivity contribution in [2.75, 3.05) is 4.90 Å². The maximum atomic E-state index is 13.3. The van der Waals surface area contributed by atoms with E-state index in [1.54, 1.807) is 30.5 Å². The number of benzene rings is 2. The van der Waals surface area contributed by atoms with Gasteiger partial charge in [-0.15, -0.1) is 0 Å². The quantitative estimate of drug-likeness (QED) is 0.337. The first-order valence-corrected chi connectivity index (χ1v) is 10.7. The van der Waals surface area contributed by atoms with Gasteiger partial charge in [-0.1, -0.05) is 30.3 Å². The number of aromatic carboxylic acids is 1. The number of carbonyl (C=O) groups excluding carboxylic acids is 3. The Bertz CT molecular complexity index is 1560. The summed E-state index contributed by atoms with van der Waals surface area (Å²) in [4.78, 5) is 50.5. The highest BCUT2D eigenvalue weighted by atomic mass is 16.4. The smallest absolute Gasteiger partial charge is 0.371 e. The van der Waals surface area contributed by atoms with Gasteiger partial charge in [-0.2, -0.15) is 0 Å². The number of fused-ring (bicyclic) bond motifs is 1. The van der Waals surface area contributed by atoms with Crippen molar-refractivity contribution in [3.05, 3.63) is 95.1 Å². The third-order valence-electron chi connectivity index (χ3n) is 5.68. The van der Waals surface area contributed by atoms with Gasteiger partial charge < -0.3 is 14.1 Å². The number of hydrogen-bond acceptors (Lipinski definition) is 5. The van der Waals surface area contributed by atoms with Crippen LogP contribution in [0.3, 0.4) is 0 Å². The SMILES string of the molecule is Cc1cccc(N2C(=O)NC(=O)C(=Cc3cn(Cc4ccc(C(=O)O)o4)c4ccccc34)C2=O)c1. The fourth-order valence-corrected chi connectivity index (χ4v) is 4.08. The van der Waals surface area contributed by atoms with Gasteiger partial charge in [-0.05, 0) is 48.9 Å². The van der Waals surface area contributed by atoms with E-state index in [0.29, 0.717) is 17.0 Å². The number of imide groups is 2. The van der Waals surface area contributed by atoms with E-state index in [-0.39, 0.29) is 17.9 Å². The van der Waals surface area contributed by atoms with E-state index in [1.165, 1.54) is 12.1 Å². The van der Waals surface area contributed by atoms with E-state index >= 15 is 0 Å². The van der Waals surface area contributed by atoms with Gasteiger partial charge in [-0.3, -0.25) is 14.9 Å². The number of barbiturate groups is 1. The molecule has 0 spiro atoms. The van der Waals surface area contributed by atoms with Crippen molar-refractivity contribution < 1.29 is 28.7 Å². The van der Waals surface area contributed by atoms with Crippen molar-refractivity contribution >= 4 is 46.5 Å². The predicted molar refractivity (Wildman–Crippen MR) is 127 cm³/mol. The Hall–Kier alpha value is -4.92. The lowest BCUT2D eigenvalue weighted by Gasteiger charge is -2.26. The van der Waals surface area contributed by atoms with E-state index in [0.717, 1.165) is 21.4 Å². The number of aromatic nitrogens is 1. The van der Waals surface area contributed by atoms with Crippen LogP contribution in [0.2, 0.25) is 0 Å². The Balaban J connectivity index is 1.55. The molecule has 174 valence electrons. The van der Waals surface area contributed by atoms with Gasteiger partial charge in [0, 0.05) is 22.7 Å². The van der Waals surface area contributed by atoms with Crippen molar-refractivity contribution in [3.63, 3.8) is 0 Å². The number of carboxylic acids is 1. The van der Waals surface area contributed by atoms with Crippen molar-refractivity contribution in [3.8, 4) is 0 Å². The standard InChI is InChI=1S/C26H19N3O6/c1-15-5-4-6-17(11-15)29-24(31)20(23(30)27-26(29)34)12-16-13-28(21-8-3-2-7-19(16)21)14-18-9-10-22(35-18)25(32)33/h2-13H,14H2,1H3,(H,32,33)(H,27,30,34). The molecule has 0 unspecified atom stereocenters. The highest BCUT2D eigenvalue weighted by Crippen LogP contribution is 2.27. The molecule has 4 amide bonds. The summed E-state index contributed by atoms with van der Waals surface area (Å²) in [7, 11) is 0. The van der Waals surface area contributed by atoms with Crippen molar-refractivity contribution in [1.29, 1.82) is 0 Å². The Morgan fingerprint density at radius 2 is 1.86 bits per heavy atom. The molecule has 9 nitrogen and oxygen atoms in total. The molecule has 3 heterocycles. The normalized spacial score (nSPS) is 15.2. The van der Waals surface area contributed by atoms with Crippen LogP contribution in [-0.2, 0) is 16.1 Å². The van der Waals surface area contributed by atoms with Crippen LogP contribution >= 0.6 is 0 Å². The van der Waals surface area contributed by atoms with Crippen molar-refractivity contribution in [2.45, 2.75) is 13.5 Å². The second-order valence-electron chi connectivity index (χ2n) is 8.10. The number of hydrogen-bond donors (Lipinski definition) is 2. The number of urea groups is 1. The van der Waals surface area contributed by atoms with E-state index < -0.39 is 23.8 Å². The minimum absolute atomic E-state index is 0.163. The Kier molecular flexibility index (Phi) is 5.29. The minimum Gasteiger partial charge on any atom is -0.475 e. The van der Waals surface area contributed by atoms with Gasteiger partial charge in [0.1, 0.15) is 11.3 Å². The molecule has 1 aliphatic heterocycles. The number of carboxylic acid groups (broad SMARTS) is 1. The number of amides is 4. The second-order valence-corrected chi connectivity index (χ2v) is 8.10. The molecule has 2 N–H and O–H groups in total. The number of rotatable bonds is 5. The lowest BCUT2D eigenvalue weighted by atomic mass is 10.1. The second kappa shape index (κ2) is 8.45. The number of aryl methyl sites for hydroxylation is 1. The third-order valence-corrected chi connectivity index (χ3v) is 5.68. The molecule has 9 heteroatoms. The van der Waals surface area contributed by atoms with Crippen LogP contribution in [0, 0.1) is 6.92 Å². The number of nitrogens with one attached hydrogen (secondary N) is 1. The van der Waals surface area contributed by atoms with Crippen LogP contribution in [0.4, 0.5) is 10.5 Å². The molecule has 35 heavy (non-hydrogen) atoms. The van der Waals surface area contributed by atoms with E-state index in [9.17, 15) is 19.2 Å². The lowest BCUT2D eigenvalue weighted by Crippen LogP contribution is -2.54. The first-order valence-electron chi connectivity index (χ1n) is 10.7. The van der Waals surface area contributed by atoms with E-state index in [2.05, 4.69) is 5.32 Å². The summed E-state index contributed by atoms with van der Waals surface area (Å²) in [5.74, 6) is -2.39. The molecule has 1 fully saturated rings. The number of para-hydroxylation sites is 1. The lowest BCUT2D eigenvalue weighted by molar-refractivity contribution is -0.122. The van der Waals surface area contributed by atoms with E-state index in [1.807, 2.05) is 41.8 Å². The highest BCUT2D eigenvalue weighted by Gasteiger charge is 2.37. The van der Waals surface area contributed by atoms with Gasteiger partial charge in [-0.25, -0.2) is 14.5 Å². The van der Waals surface area contributed by atoms with Gasteiger partial charge in [0.2, 0.25) is 5.76 Å². The number of nitrogens with zero attached hydrogens (tertiary/aromatic N) is 2. The fourth-order valence-electron chi connectivity index (χ4n) is 4.08. The van der Waals surface area contributed by atoms with Gasteiger partial charge in [0.15, 0.2) is 0 Å². The maximum Gasteiger partial charge on any atom is 0.371 e. The molecule has 1 saturated heterocycles. The molecule has 0 aliphatic carbocycles. The van der Waals surface area contributed by atoms with Crippen LogP contribution in [0.15, 0.2) is 76.9 Å². The minimum atomic E-state index is -1.16.